The van der Waals surface area contributed by atoms with E-state index in [0.29, 0.717) is 0 Å². The van der Waals surface area contributed by atoms with E-state index in [4.69, 9.17) is 0 Å². The van der Waals surface area contributed by atoms with Crippen LogP contribution in [0.25, 0.3) is 6.08 Å². The number of amides is 1. The highest BCUT2D eigenvalue weighted by atomic mass is 16.1. The predicted molar refractivity (Wildman–Crippen MR) is 82.6 cm³/mol. The maximum absolute atomic E-state index is 12.3. The smallest absolute Gasteiger partial charge is 0.247 e. The average molecular weight is 281 g/mol. The van der Waals surface area contributed by atoms with Crippen molar-refractivity contribution >= 4 is 12.0 Å². The van der Waals surface area contributed by atoms with Crippen molar-refractivity contribution in [2.75, 3.05) is 0 Å². The van der Waals surface area contributed by atoms with Crippen LogP contribution in [-0.2, 0) is 17.8 Å². The molecule has 4 heteroatoms. The Bertz CT molecular complexity index is 658. The minimum absolute atomic E-state index is 0.0109. The number of hydrogen-bond acceptors (Lipinski definition) is 2. The molecule has 0 radical (unpaired) electrons. The highest BCUT2D eigenvalue weighted by Gasteiger charge is 2.20. The van der Waals surface area contributed by atoms with E-state index in [1.807, 2.05) is 60.3 Å². The lowest BCUT2D eigenvalue weighted by atomic mass is 10.0. The van der Waals surface area contributed by atoms with Gasteiger partial charge in [-0.1, -0.05) is 30.3 Å². The summed E-state index contributed by atoms with van der Waals surface area (Å²) in [7, 11) is 0. The molecule has 0 bridgehead atoms. The number of aromatic nitrogens is 2. The number of aryl methyl sites for hydroxylation is 1. The monoisotopic (exact) mass is 281 g/mol. The van der Waals surface area contributed by atoms with Gasteiger partial charge in [-0.15, -0.1) is 0 Å². The molecule has 2 heterocycles. The zero-order valence-electron chi connectivity index (χ0n) is 12.1. The number of carbonyl (C=O) groups excluding carboxylic acids is 1. The Kier molecular flexibility index (Phi) is 3.86. The molecule has 2 aromatic rings. The second-order valence-electron chi connectivity index (χ2n) is 5.45. The summed E-state index contributed by atoms with van der Waals surface area (Å²) >= 11 is 0. The molecule has 0 saturated carbocycles. The molecule has 1 N–H and O–H groups in total. The van der Waals surface area contributed by atoms with E-state index in [1.165, 1.54) is 5.69 Å². The Balaban J connectivity index is 1.63. The van der Waals surface area contributed by atoms with Gasteiger partial charge in [0.15, 0.2) is 0 Å². The molecule has 1 aromatic heterocycles. The topological polar surface area (TPSA) is 46.9 Å². The first kappa shape index (κ1) is 13.6. The molecule has 4 nitrogen and oxygen atoms in total. The minimum atomic E-state index is 0.0109. The maximum atomic E-state index is 12.3. The van der Waals surface area contributed by atoms with Crippen LogP contribution in [0, 0.1) is 0 Å². The molecule has 1 aliphatic heterocycles. The summed E-state index contributed by atoms with van der Waals surface area (Å²) < 4.78 is 2.01. The molecule has 21 heavy (non-hydrogen) atoms. The van der Waals surface area contributed by atoms with E-state index in [-0.39, 0.29) is 11.9 Å². The Morgan fingerprint density at radius 3 is 2.95 bits per heavy atom. The first-order valence-corrected chi connectivity index (χ1v) is 7.27. The Labute approximate surface area is 124 Å². The minimum Gasteiger partial charge on any atom is -0.349 e. The number of nitrogens with zero attached hydrogens (tertiary/aromatic N) is 2. The Morgan fingerprint density at radius 1 is 1.33 bits per heavy atom. The fraction of sp³-hybridized carbons (Fsp3) is 0.294. The largest absolute Gasteiger partial charge is 0.349 e. The summed E-state index contributed by atoms with van der Waals surface area (Å²) in [4.78, 5) is 12.3. The second-order valence-corrected chi connectivity index (χ2v) is 5.45. The van der Waals surface area contributed by atoms with Crippen molar-refractivity contribution in [1.29, 1.82) is 0 Å². The molecule has 1 aliphatic rings. The first-order chi connectivity index (χ1) is 10.2. The number of carbonyl (C=O) groups is 1. The van der Waals surface area contributed by atoms with Gasteiger partial charge in [0.05, 0.1) is 0 Å². The molecule has 0 aliphatic carbocycles. The number of hydrogen-bond donors (Lipinski definition) is 1. The normalized spacial score (nSPS) is 18.1. The highest BCUT2D eigenvalue weighted by Crippen LogP contribution is 2.14. The number of benzene rings is 1. The van der Waals surface area contributed by atoms with Gasteiger partial charge in [0.1, 0.15) is 0 Å². The van der Waals surface area contributed by atoms with Gasteiger partial charge in [-0.3, -0.25) is 9.48 Å². The van der Waals surface area contributed by atoms with E-state index in [1.54, 1.807) is 0 Å². The van der Waals surface area contributed by atoms with Crippen LogP contribution < -0.4 is 5.32 Å². The summed E-state index contributed by atoms with van der Waals surface area (Å²) in [5.41, 5.74) is 2.98. The van der Waals surface area contributed by atoms with E-state index in [0.717, 1.165) is 30.5 Å². The molecule has 3 rings (SSSR count). The van der Waals surface area contributed by atoms with Crippen molar-refractivity contribution in [3.8, 4) is 0 Å². The van der Waals surface area contributed by atoms with Crippen molar-refractivity contribution in [3.63, 3.8) is 0 Å². The molecule has 1 aromatic carbocycles. The van der Waals surface area contributed by atoms with E-state index < -0.39 is 0 Å². The third-order valence-corrected chi connectivity index (χ3v) is 3.83. The van der Waals surface area contributed by atoms with Crippen LogP contribution in [0.1, 0.15) is 24.6 Å². The highest BCUT2D eigenvalue weighted by molar-refractivity contribution is 5.97. The van der Waals surface area contributed by atoms with Gasteiger partial charge in [-0.2, -0.15) is 5.10 Å². The molecular weight excluding hydrogens is 262 g/mol. The van der Waals surface area contributed by atoms with Gasteiger partial charge in [0, 0.05) is 36.5 Å². The van der Waals surface area contributed by atoms with Crippen molar-refractivity contribution in [3.05, 3.63) is 59.4 Å². The second kappa shape index (κ2) is 5.95. The third kappa shape index (κ3) is 3.21. The van der Waals surface area contributed by atoms with Crippen LogP contribution in [0.3, 0.4) is 0 Å². The van der Waals surface area contributed by atoms with Gasteiger partial charge in [-0.25, -0.2) is 0 Å². The predicted octanol–water partition coefficient (Wildman–Crippen LogP) is 2.42. The SMILES string of the molecule is CC(=Cc1ccccc1)C(=O)NC1CCn2nccc2C1. The fourth-order valence-electron chi connectivity index (χ4n) is 2.65. The van der Waals surface area contributed by atoms with E-state index in [2.05, 4.69) is 10.4 Å². The lowest BCUT2D eigenvalue weighted by molar-refractivity contribution is -0.118. The van der Waals surface area contributed by atoms with Crippen LogP contribution in [0.4, 0.5) is 0 Å². The summed E-state index contributed by atoms with van der Waals surface area (Å²) in [5.74, 6) is 0.0109. The molecule has 1 unspecified atom stereocenters. The molecule has 0 spiro atoms. The number of rotatable bonds is 3. The molecule has 1 amide bonds. The van der Waals surface area contributed by atoms with Crippen molar-refractivity contribution in [2.45, 2.75) is 32.4 Å². The quantitative estimate of drug-likeness (QED) is 0.878. The lowest BCUT2D eigenvalue weighted by Gasteiger charge is -2.24. The van der Waals surface area contributed by atoms with Gasteiger partial charge in [-0.05, 0) is 31.1 Å². The third-order valence-electron chi connectivity index (χ3n) is 3.83. The first-order valence-electron chi connectivity index (χ1n) is 7.27. The molecule has 0 saturated heterocycles. The zero-order chi connectivity index (χ0) is 14.7. The van der Waals surface area contributed by atoms with Gasteiger partial charge in [0.25, 0.3) is 0 Å². The van der Waals surface area contributed by atoms with Gasteiger partial charge in [0.2, 0.25) is 5.91 Å². The summed E-state index contributed by atoms with van der Waals surface area (Å²) in [6.07, 6.45) is 5.52. The van der Waals surface area contributed by atoms with Crippen LogP contribution in [0.2, 0.25) is 0 Å². The van der Waals surface area contributed by atoms with Crippen LogP contribution in [-0.4, -0.2) is 21.7 Å². The maximum Gasteiger partial charge on any atom is 0.247 e. The molecule has 108 valence electrons. The van der Waals surface area contributed by atoms with Crippen LogP contribution in [0.5, 0.6) is 0 Å². The Hall–Kier alpha value is -2.36. The summed E-state index contributed by atoms with van der Waals surface area (Å²) in [6, 6.07) is 12.1. The van der Waals surface area contributed by atoms with E-state index >= 15 is 0 Å². The summed E-state index contributed by atoms with van der Waals surface area (Å²) in [6.45, 7) is 2.73. The van der Waals surface area contributed by atoms with Gasteiger partial charge < -0.3 is 5.32 Å². The summed E-state index contributed by atoms with van der Waals surface area (Å²) in [5, 5.41) is 7.38. The van der Waals surface area contributed by atoms with Crippen molar-refractivity contribution < 1.29 is 4.79 Å². The van der Waals surface area contributed by atoms with E-state index in [9.17, 15) is 4.79 Å². The molecule has 0 fully saturated rings. The number of nitrogens with one attached hydrogen (secondary N) is 1. The average Bonchev–Trinajstić information content (AvgIpc) is 2.95. The molecule has 1 atom stereocenters. The Morgan fingerprint density at radius 2 is 2.14 bits per heavy atom. The van der Waals surface area contributed by atoms with Gasteiger partial charge >= 0.3 is 0 Å². The zero-order valence-corrected chi connectivity index (χ0v) is 12.1. The molecular formula is C17H19N3O. The number of fused-ring (bicyclic) bond motifs is 1. The fourth-order valence-corrected chi connectivity index (χ4v) is 2.65. The van der Waals surface area contributed by atoms with Crippen LogP contribution in [0.15, 0.2) is 48.2 Å². The van der Waals surface area contributed by atoms with Crippen LogP contribution >= 0.6 is 0 Å². The van der Waals surface area contributed by atoms with Crippen molar-refractivity contribution in [2.24, 2.45) is 0 Å². The van der Waals surface area contributed by atoms with Crippen molar-refractivity contribution in [1.82, 2.24) is 15.1 Å². The standard InChI is InChI=1S/C17H19N3O/c1-13(11-14-5-3-2-4-6-14)17(21)19-15-8-10-20-16(12-15)7-9-18-20/h2-7,9,11,15H,8,10,12H2,1H3,(H,19,21). The lowest BCUT2D eigenvalue weighted by Crippen LogP contribution is -2.40.